The van der Waals surface area contributed by atoms with E-state index in [0.29, 0.717) is 13.1 Å². The Morgan fingerprint density at radius 3 is 2.53 bits per heavy atom. The van der Waals surface area contributed by atoms with Gasteiger partial charge in [-0.1, -0.05) is 0 Å². The number of alkyl halides is 1. The highest BCUT2D eigenvalue weighted by Crippen LogP contribution is 2.17. The minimum absolute atomic E-state index is 0.116. The van der Waals surface area contributed by atoms with Crippen molar-refractivity contribution < 1.29 is 13.9 Å². The van der Waals surface area contributed by atoms with Crippen LogP contribution in [-0.4, -0.2) is 49.4 Å². The van der Waals surface area contributed by atoms with Gasteiger partial charge in [0.05, 0.1) is 0 Å². The van der Waals surface area contributed by atoms with E-state index in [-0.39, 0.29) is 12.7 Å². The number of nitrogens with zero attached hydrogens (tertiary/aromatic N) is 1. The maximum absolute atomic E-state index is 13.5. The predicted octanol–water partition coefficient (Wildman–Crippen LogP) is 0.920. The summed E-state index contributed by atoms with van der Waals surface area (Å²) in [5.74, 6) is 0. The van der Waals surface area contributed by atoms with Gasteiger partial charge in [0, 0.05) is 26.2 Å². The Morgan fingerprint density at radius 2 is 2.00 bits per heavy atom. The van der Waals surface area contributed by atoms with Crippen LogP contribution in [0.4, 0.5) is 9.18 Å². The number of hydrogen-bond donors (Lipinski definition) is 1. The SMILES string of the molecule is O=C(OCC1(F)CNC1)N1CCCCC1. The van der Waals surface area contributed by atoms with Crippen LogP contribution in [-0.2, 0) is 4.74 Å². The van der Waals surface area contributed by atoms with E-state index in [4.69, 9.17) is 4.74 Å². The van der Waals surface area contributed by atoms with E-state index in [9.17, 15) is 9.18 Å². The molecule has 4 nitrogen and oxygen atoms in total. The van der Waals surface area contributed by atoms with Gasteiger partial charge in [-0.05, 0) is 19.3 Å². The van der Waals surface area contributed by atoms with E-state index in [1.165, 1.54) is 6.42 Å². The van der Waals surface area contributed by atoms with Crippen LogP contribution in [0.5, 0.6) is 0 Å². The van der Waals surface area contributed by atoms with Crippen LogP contribution in [0.1, 0.15) is 19.3 Å². The molecule has 0 spiro atoms. The number of rotatable bonds is 2. The Balaban J connectivity index is 1.71. The lowest BCUT2D eigenvalue weighted by atomic mass is 10.0. The van der Waals surface area contributed by atoms with Crippen LogP contribution in [0.2, 0.25) is 0 Å². The van der Waals surface area contributed by atoms with Crippen LogP contribution in [0.15, 0.2) is 0 Å². The lowest BCUT2D eigenvalue weighted by Crippen LogP contribution is -2.59. The standard InChI is InChI=1S/C10H17FN2O2/c11-10(6-12-7-10)8-15-9(14)13-4-2-1-3-5-13/h12H,1-8H2. The maximum Gasteiger partial charge on any atom is 0.409 e. The highest BCUT2D eigenvalue weighted by atomic mass is 19.1. The van der Waals surface area contributed by atoms with Crippen LogP contribution in [0.3, 0.4) is 0 Å². The van der Waals surface area contributed by atoms with Crippen molar-refractivity contribution in [2.45, 2.75) is 24.9 Å². The largest absolute Gasteiger partial charge is 0.446 e. The number of hydrogen-bond acceptors (Lipinski definition) is 3. The summed E-state index contributed by atoms with van der Waals surface area (Å²) in [6.07, 6.45) is 2.86. The second-order valence-corrected chi connectivity index (χ2v) is 4.36. The molecule has 0 aromatic heterocycles. The molecule has 1 amide bonds. The topological polar surface area (TPSA) is 41.6 Å². The van der Waals surface area contributed by atoms with E-state index in [2.05, 4.69) is 5.32 Å². The summed E-state index contributed by atoms with van der Waals surface area (Å²) in [6.45, 7) is 1.96. The number of nitrogens with one attached hydrogen (secondary N) is 1. The summed E-state index contributed by atoms with van der Waals surface area (Å²) < 4.78 is 18.4. The zero-order chi connectivity index (χ0) is 10.7. The van der Waals surface area contributed by atoms with E-state index >= 15 is 0 Å². The fourth-order valence-electron chi connectivity index (χ4n) is 1.86. The van der Waals surface area contributed by atoms with Gasteiger partial charge in [0.1, 0.15) is 6.61 Å². The first-order chi connectivity index (χ1) is 7.20. The van der Waals surface area contributed by atoms with Gasteiger partial charge < -0.3 is 15.0 Å². The molecular formula is C10H17FN2O2. The van der Waals surface area contributed by atoms with Crippen LogP contribution < -0.4 is 5.32 Å². The van der Waals surface area contributed by atoms with E-state index < -0.39 is 5.67 Å². The second kappa shape index (κ2) is 4.35. The van der Waals surface area contributed by atoms with Gasteiger partial charge in [-0.2, -0.15) is 0 Å². The Bertz CT molecular complexity index is 238. The summed E-state index contributed by atoms with van der Waals surface area (Å²) >= 11 is 0. The van der Waals surface area contributed by atoms with Crippen LogP contribution >= 0.6 is 0 Å². The van der Waals surface area contributed by atoms with Gasteiger partial charge >= 0.3 is 6.09 Å². The average molecular weight is 216 g/mol. The fraction of sp³-hybridized carbons (Fsp3) is 0.900. The minimum atomic E-state index is -1.33. The Morgan fingerprint density at radius 1 is 1.33 bits per heavy atom. The van der Waals surface area contributed by atoms with E-state index in [1.54, 1.807) is 4.90 Å². The molecule has 2 saturated heterocycles. The van der Waals surface area contributed by atoms with E-state index in [0.717, 1.165) is 25.9 Å². The zero-order valence-electron chi connectivity index (χ0n) is 8.80. The van der Waals surface area contributed by atoms with Crippen molar-refractivity contribution >= 4 is 6.09 Å². The molecule has 0 aromatic carbocycles. The molecule has 0 saturated carbocycles. The molecule has 1 N–H and O–H groups in total. The molecule has 0 bridgehead atoms. The quantitative estimate of drug-likeness (QED) is 0.746. The van der Waals surface area contributed by atoms with Crippen molar-refractivity contribution in [3.63, 3.8) is 0 Å². The van der Waals surface area contributed by atoms with Crippen molar-refractivity contribution in [2.75, 3.05) is 32.8 Å². The minimum Gasteiger partial charge on any atom is -0.446 e. The van der Waals surface area contributed by atoms with Gasteiger partial charge in [0.15, 0.2) is 5.67 Å². The monoisotopic (exact) mass is 216 g/mol. The van der Waals surface area contributed by atoms with Crippen molar-refractivity contribution in [2.24, 2.45) is 0 Å². The summed E-state index contributed by atoms with van der Waals surface area (Å²) in [5, 5.41) is 2.83. The highest BCUT2D eigenvalue weighted by Gasteiger charge is 2.38. The van der Waals surface area contributed by atoms with Crippen molar-refractivity contribution in [1.29, 1.82) is 0 Å². The van der Waals surface area contributed by atoms with Crippen molar-refractivity contribution in [1.82, 2.24) is 10.2 Å². The number of likely N-dealkylation sites (tertiary alicyclic amines) is 1. The smallest absolute Gasteiger partial charge is 0.409 e. The molecule has 0 radical (unpaired) electrons. The average Bonchev–Trinajstić information content (AvgIpc) is 2.24. The second-order valence-electron chi connectivity index (χ2n) is 4.36. The molecule has 15 heavy (non-hydrogen) atoms. The number of piperidine rings is 1. The third kappa shape index (κ3) is 2.59. The summed E-state index contributed by atoms with van der Waals surface area (Å²) in [6, 6.07) is 0. The molecular weight excluding hydrogens is 199 g/mol. The normalized spacial score (nSPS) is 24.5. The van der Waals surface area contributed by atoms with Crippen molar-refractivity contribution in [3.8, 4) is 0 Å². The van der Waals surface area contributed by atoms with Crippen LogP contribution in [0.25, 0.3) is 0 Å². The molecule has 2 aliphatic heterocycles. The molecule has 2 fully saturated rings. The first-order valence-corrected chi connectivity index (χ1v) is 5.51. The third-order valence-electron chi connectivity index (χ3n) is 2.95. The molecule has 86 valence electrons. The Labute approximate surface area is 88.8 Å². The van der Waals surface area contributed by atoms with Gasteiger partial charge in [-0.25, -0.2) is 9.18 Å². The highest BCUT2D eigenvalue weighted by molar-refractivity contribution is 5.67. The number of ether oxygens (including phenoxy) is 1. The molecule has 0 atom stereocenters. The van der Waals surface area contributed by atoms with Gasteiger partial charge in [-0.3, -0.25) is 0 Å². The van der Waals surface area contributed by atoms with Gasteiger partial charge in [0.25, 0.3) is 0 Å². The van der Waals surface area contributed by atoms with E-state index in [1.807, 2.05) is 0 Å². The summed E-state index contributed by atoms with van der Waals surface area (Å²) in [4.78, 5) is 13.2. The Hall–Kier alpha value is -0.840. The molecule has 0 aliphatic carbocycles. The number of carbonyl (C=O) groups excluding carboxylic acids is 1. The first-order valence-electron chi connectivity index (χ1n) is 5.51. The summed E-state index contributed by atoms with van der Waals surface area (Å²) in [5.41, 5.74) is -1.33. The predicted molar refractivity (Wildman–Crippen MR) is 53.5 cm³/mol. The molecule has 2 rings (SSSR count). The van der Waals surface area contributed by atoms with Crippen molar-refractivity contribution in [3.05, 3.63) is 0 Å². The third-order valence-corrected chi connectivity index (χ3v) is 2.95. The molecule has 2 heterocycles. The first kappa shape index (κ1) is 10.7. The maximum atomic E-state index is 13.5. The lowest BCUT2D eigenvalue weighted by molar-refractivity contribution is -0.00137. The Kier molecular flexibility index (Phi) is 3.09. The summed E-state index contributed by atoms with van der Waals surface area (Å²) in [7, 11) is 0. The zero-order valence-corrected chi connectivity index (χ0v) is 8.80. The fourth-order valence-corrected chi connectivity index (χ4v) is 1.86. The molecule has 5 heteroatoms. The molecule has 0 aromatic rings. The number of carbonyl (C=O) groups is 1. The molecule has 0 unspecified atom stereocenters. The van der Waals surface area contributed by atoms with Crippen LogP contribution in [0, 0.1) is 0 Å². The van der Waals surface area contributed by atoms with Gasteiger partial charge in [-0.15, -0.1) is 0 Å². The van der Waals surface area contributed by atoms with Gasteiger partial charge in [0.2, 0.25) is 0 Å². The lowest BCUT2D eigenvalue weighted by Gasteiger charge is -2.35. The molecule has 2 aliphatic rings. The number of amides is 1. The number of halogens is 1.